The maximum atomic E-state index is 6.12. The van der Waals surface area contributed by atoms with Crippen molar-refractivity contribution < 1.29 is 0 Å². The van der Waals surface area contributed by atoms with Gasteiger partial charge in [-0.2, -0.15) is 0 Å². The largest absolute Gasteiger partial charge is 0.313 e. The molecule has 2 aromatic carbocycles. The van der Waals surface area contributed by atoms with Crippen molar-refractivity contribution in [2.24, 2.45) is 0 Å². The lowest BCUT2D eigenvalue weighted by Crippen LogP contribution is -2.12. The molecule has 0 unspecified atom stereocenters. The molecule has 2 aromatic rings. The maximum Gasteiger partial charge on any atom is 0.0417 e. The normalized spacial score (nSPS) is 10.7. The Hall–Kier alpha value is -0.960. The van der Waals surface area contributed by atoms with E-state index in [0.29, 0.717) is 0 Å². The molecule has 0 atom stereocenters. The summed E-state index contributed by atoms with van der Waals surface area (Å²) in [6.07, 6.45) is 0. The van der Waals surface area contributed by atoms with Crippen molar-refractivity contribution in [3.63, 3.8) is 0 Å². The predicted octanol–water partition coefficient (Wildman–Crippen LogP) is 4.91. The van der Waals surface area contributed by atoms with E-state index in [2.05, 4.69) is 49.5 Å². The molecule has 2 rings (SSSR count). The van der Waals surface area contributed by atoms with Crippen molar-refractivity contribution in [3.05, 3.63) is 58.6 Å². The van der Waals surface area contributed by atoms with Gasteiger partial charge in [-0.05, 0) is 42.8 Å². The van der Waals surface area contributed by atoms with Crippen LogP contribution < -0.4 is 5.32 Å². The molecule has 0 aliphatic carbocycles. The van der Waals surface area contributed by atoms with E-state index in [4.69, 9.17) is 11.6 Å². The summed E-state index contributed by atoms with van der Waals surface area (Å²) in [5.41, 5.74) is 2.58. The summed E-state index contributed by atoms with van der Waals surface area (Å²) in [5.74, 6) is 0. The van der Waals surface area contributed by atoms with Gasteiger partial charge in [-0.1, -0.05) is 54.6 Å². The van der Waals surface area contributed by atoms with Gasteiger partial charge in [0.05, 0.1) is 0 Å². The molecular weight excluding hydrogens is 274 g/mol. The van der Waals surface area contributed by atoms with Crippen LogP contribution >= 0.6 is 23.4 Å². The molecule has 0 fully saturated rings. The van der Waals surface area contributed by atoms with E-state index in [1.54, 1.807) is 11.8 Å². The molecule has 1 nitrogen and oxygen atoms in total. The number of hydrogen-bond donors (Lipinski definition) is 1. The lowest BCUT2D eigenvalue weighted by atomic mass is 10.2. The van der Waals surface area contributed by atoms with Crippen LogP contribution in [0.5, 0.6) is 0 Å². The highest BCUT2D eigenvalue weighted by molar-refractivity contribution is 7.99. The molecule has 0 saturated heterocycles. The first-order chi connectivity index (χ1) is 9.20. The molecule has 100 valence electrons. The van der Waals surface area contributed by atoms with E-state index >= 15 is 0 Å². The highest BCUT2D eigenvalue weighted by Crippen LogP contribution is 2.34. The second-order valence-corrected chi connectivity index (χ2v) is 5.92. The van der Waals surface area contributed by atoms with Crippen LogP contribution in [0.1, 0.15) is 18.1 Å². The Balaban J connectivity index is 2.27. The lowest BCUT2D eigenvalue weighted by Gasteiger charge is -2.11. The molecule has 0 heterocycles. The molecule has 0 aromatic heterocycles. The van der Waals surface area contributed by atoms with Gasteiger partial charge >= 0.3 is 0 Å². The minimum Gasteiger partial charge on any atom is -0.313 e. The van der Waals surface area contributed by atoms with Gasteiger partial charge in [-0.15, -0.1) is 0 Å². The molecule has 0 aliphatic rings. The van der Waals surface area contributed by atoms with Crippen LogP contribution in [0, 0.1) is 6.92 Å². The second-order valence-electron chi connectivity index (χ2n) is 4.40. The van der Waals surface area contributed by atoms with Crippen molar-refractivity contribution in [1.82, 2.24) is 5.32 Å². The standard InChI is InChI=1S/C16H18ClNS/c1-3-18-11-13-8-9-14(17)10-16(13)19-15-7-5-4-6-12(15)2/h4-10,18H,3,11H2,1-2H3. The van der Waals surface area contributed by atoms with Gasteiger partial charge < -0.3 is 5.32 Å². The van der Waals surface area contributed by atoms with Gasteiger partial charge in [0.15, 0.2) is 0 Å². The fourth-order valence-electron chi connectivity index (χ4n) is 1.82. The summed E-state index contributed by atoms with van der Waals surface area (Å²) in [5, 5.41) is 4.16. The first-order valence-corrected chi connectivity index (χ1v) is 7.62. The van der Waals surface area contributed by atoms with E-state index < -0.39 is 0 Å². The Bertz CT molecular complexity index is 554. The monoisotopic (exact) mass is 291 g/mol. The molecule has 1 N–H and O–H groups in total. The molecule has 0 spiro atoms. The lowest BCUT2D eigenvalue weighted by molar-refractivity contribution is 0.718. The molecule has 0 saturated carbocycles. The second kappa shape index (κ2) is 6.99. The van der Waals surface area contributed by atoms with E-state index in [9.17, 15) is 0 Å². The number of hydrogen-bond acceptors (Lipinski definition) is 2. The van der Waals surface area contributed by atoms with Gasteiger partial charge in [0.2, 0.25) is 0 Å². The summed E-state index contributed by atoms with van der Waals surface area (Å²) < 4.78 is 0. The summed E-state index contributed by atoms with van der Waals surface area (Å²) in [4.78, 5) is 2.50. The third kappa shape index (κ3) is 4.00. The highest BCUT2D eigenvalue weighted by atomic mass is 35.5. The Morgan fingerprint density at radius 1 is 1.11 bits per heavy atom. The average Bonchev–Trinajstić information content (AvgIpc) is 2.40. The van der Waals surface area contributed by atoms with Crippen molar-refractivity contribution in [2.75, 3.05) is 6.54 Å². The fraction of sp³-hybridized carbons (Fsp3) is 0.250. The van der Waals surface area contributed by atoms with Crippen LogP contribution in [0.15, 0.2) is 52.3 Å². The number of rotatable bonds is 5. The van der Waals surface area contributed by atoms with Gasteiger partial charge in [0, 0.05) is 21.4 Å². The first-order valence-electron chi connectivity index (χ1n) is 6.43. The van der Waals surface area contributed by atoms with Crippen LogP contribution in [-0.4, -0.2) is 6.54 Å². The van der Waals surface area contributed by atoms with Crippen LogP contribution in [-0.2, 0) is 6.54 Å². The SMILES string of the molecule is CCNCc1ccc(Cl)cc1Sc1ccccc1C. The Labute approximate surface area is 124 Å². The predicted molar refractivity (Wildman–Crippen MR) is 84.1 cm³/mol. The number of nitrogens with one attached hydrogen (secondary N) is 1. The zero-order valence-corrected chi connectivity index (χ0v) is 12.8. The van der Waals surface area contributed by atoms with E-state index in [1.165, 1.54) is 20.9 Å². The minimum absolute atomic E-state index is 0.788. The van der Waals surface area contributed by atoms with Crippen LogP contribution in [0.4, 0.5) is 0 Å². The summed E-state index contributed by atoms with van der Waals surface area (Å²) in [6, 6.07) is 14.5. The molecule has 0 radical (unpaired) electrons. The van der Waals surface area contributed by atoms with Gasteiger partial charge in [-0.25, -0.2) is 0 Å². The van der Waals surface area contributed by atoms with E-state index in [0.717, 1.165) is 18.1 Å². The molecular formula is C16H18ClNS. The average molecular weight is 292 g/mol. The minimum atomic E-state index is 0.788. The maximum absolute atomic E-state index is 6.12. The summed E-state index contributed by atoms with van der Waals surface area (Å²) >= 11 is 7.90. The van der Waals surface area contributed by atoms with Crippen LogP contribution in [0.3, 0.4) is 0 Å². The van der Waals surface area contributed by atoms with E-state index in [1.807, 2.05) is 12.1 Å². The summed E-state index contributed by atoms with van der Waals surface area (Å²) in [7, 11) is 0. The number of benzene rings is 2. The Morgan fingerprint density at radius 3 is 2.63 bits per heavy atom. The van der Waals surface area contributed by atoms with Crippen LogP contribution in [0.2, 0.25) is 5.02 Å². The molecule has 19 heavy (non-hydrogen) atoms. The van der Waals surface area contributed by atoms with Crippen molar-refractivity contribution in [2.45, 2.75) is 30.2 Å². The molecule has 0 amide bonds. The van der Waals surface area contributed by atoms with Gasteiger partial charge in [-0.3, -0.25) is 0 Å². The quantitative estimate of drug-likeness (QED) is 0.840. The number of halogens is 1. The van der Waals surface area contributed by atoms with Gasteiger partial charge in [0.25, 0.3) is 0 Å². The van der Waals surface area contributed by atoms with Crippen molar-refractivity contribution >= 4 is 23.4 Å². The molecule has 3 heteroatoms. The highest BCUT2D eigenvalue weighted by Gasteiger charge is 2.07. The Morgan fingerprint density at radius 2 is 1.89 bits per heavy atom. The van der Waals surface area contributed by atoms with E-state index in [-0.39, 0.29) is 0 Å². The zero-order chi connectivity index (χ0) is 13.7. The zero-order valence-electron chi connectivity index (χ0n) is 11.2. The van der Waals surface area contributed by atoms with Crippen molar-refractivity contribution in [3.8, 4) is 0 Å². The molecule has 0 aliphatic heterocycles. The first kappa shape index (κ1) is 14.4. The fourth-order valence-corrected chi connectivity index (χ4v) is 3.13. The number of aryl methyl sites for hydroxylation is 1. The van der Waals surface area contributed by atoms with Gasteiger partial charge in [0.1, 0.15) is 0 Å². The topological polar surface area (TPSA) is 12.0 Å². The third-order valence-electron chi connectivity index (χ3n) is 2.91. The smallest absolute Gasteiger partial charge is 0.0417 e. The summed E-state index contributed by atoms with van der Waals surface area (Å²) in [6.45, 7) is 6.10. The third-order valence-corrected chi connectivity index (χ3v) is 4.42. The molecule has 0 bridgehead atoms. The van der Waals surface area contributed by atoms with Crippen LogP contribution in [0.25, 0.3) is 0 Å². The van der Waals surface area contributed by atoms with Crippen molar-refractivity contribution in [1.29, 1.82) is 0 Å². The Kier molecular flexibility index (Phi) is 5.32.